The molecule has 21 heavy (non-hydrogen) atoms. The van der Waals surface area contributed by atoms with Crippen molar-refractivity contribution in [3.05, 3.63) is 30.3 Å². The molecule has 0 saturated carbocycles. The summed E-state index contributed by atoms with van der Waals surface area (Å²) in [6.45, 7) is 4.32. The molecule has 1 aromatic rings. The molecule has 0 saturated heterocycles. The van der Waals surface area contributed by atoms with Crippen molar-refractivity contribution in [2.45, 2.75) is 30.0 Å². The maximum absolute atomic E-state index is 12.0. The van der Waals surface area contributed by atoms with Gasteiger partial charge in [0, 0.05) is 18.0 Å². The lowest BCUT2D eigenvalue weighted by Gasteiger charge is -2.18. The van der Waals surface area contributed by atoms with E-state index >= 15 is 0 Å². The Balaban J connectivity index is 2.31. The number of amides is 1. The fourth-order valence-corrected chi connectivity index (χ4v) is 2.67. The van der Waals surface area contributed by atoms with Gasteiger partial charge >= 0.3 is 0 Å². The van der Waals surface area contributed by atoms with Crippen molar-refractivity contribution in [1.82, 2.24) is 16.2 Å². The second kappa shape index (κ2) is 9.59. The number of carbonyl (C=O) groups is 1. The Labute approximate surface area is 135 Å². The Bertz CT molecular complexity index is 457. The van der Waals surface area contributed by atoms with E-state index in [4.69, 9.17) is 17.0 Å². The molecule has 0 spiro atoms. The summed E-state index contributed by atoms with van der Waals surface area (Å²) in [7, 11) is 1.62. The van der Waals surface area contributed by atoms with Gasteiger partial charge in [-0.2, -0.15) is 0 Å². The number of rotatable bonds is 6. The zero-order chi connectivity index (χ0) is 15.7. The third-order valence-corrected chi connectivity index (χ3v) is 3.85. The van der Waals surface area contributed by atoms with Gasteiger partial charge in [0.05, 0.1) is 11.9 Å². The Kier molecular flexibility index (Phi) is 8.11. The van der Waals surface area contributed by atoms with E-state index in [9.17, 15) is 4.79 Å². The van der Waals surface area contributed by atoms with Crippen LogP contribution in [0.15, 0.2) is 35.2 Å². The summed E-state index contributed by atoms with van der Waals surface area (Å²) < 4.78 is 4.99. The van der Waals surface area contributed by atoms with Crippen LogP contribution in [-0.4, -0.2) is 36.0 Å². The van der Waals surface area contributed by atoms with Gasteiger partial charge in [-0.05, 0) is 38.2 Å². The molecular weight excluding hydrogens is 306 g/mol. The Morgan fingerprint density at radius 1 is 1.29 bits per heavy atom. The topological polar surface area (TPSA) is 62.4 Å². The highest BCUT2D eigenvalue weighted by atomic mass is 32.2. The molecule has 0 aromatic heterocycles. The van der Waals surface area contributed by atoms with E-state index in [1.165, 1.54) is 11.8 Å². The molecule has 0 aliphatic rings. The molecular formula is C14H21N3O2S2. The Morgan fingerprint density at radius 3 is 2.57 bits per heavy atom. The first kappa shape index (κ1) is 17.7. The lowest BCUT2D eigenvalue weighted by molar-refractivity contribution is -0.120. The van der Waals surface area contributed by atoms with Crippen LogP contribution in [0, 0.1) is 0 Å². The predicted octanol–water partition coefficient (Wildman–Crippen LogP) is 1.70. The molecule has 1 rings (SSSR count). The SMILES string of the molecule is COC[C@@H](C)NC(=S)NNC(=O)[C@H](C)Sc1ccccc1. The monoisotopic (exact) mass is 327 g/mol. The van der Waals surface area contributed by atoms with Crippen LogP contribution in [0.25, 0.3) is 0 Å². The molecule has 7 heteroatoms. The maximum atomic E-state index is 12.0. The standard InChI is InChI=1S/C14H21N3O2S2/c1-10(9-19-3)15-14(20)17-16-13(18)11(2)21-12-7-5-4-6-8-12/h4-8,10-11H,9H2,1-3H3,(H,16,18)(H2,15,17,20)/t10-,11+/m1/s1. The third kappa shape index (κ3) is 7.31. The molecule has 2 atom stereocenters. The van der Waals surface area contributed by atoms with Crippen LogP contribution >= 0.6 is 24.0 Å². The van der Waals surface area contributed by atoms with Crippen molar-refractivity contribution in [2.75, 3.05) is 13.7 Å². The van der Waals surface area contributed by atoms with Crippen LogP contribution in [0.5, 0.6) is 0 Å². The molecule has 116 valence electrons. The molecule has 0 fully saturated rings. The van der Waals surface area contributed by atoms with Gasteiger partial charge in [-0.3, -0.25) is 15.6 Å². The van der Waals surface area contributed by atoms with E-state index in [1.807, 2.05) is 44.2 Å². The number of hydrazine groups is 1. The number of carbonyl (C=O) groups excluding carboxylic acids is 1. The fourth-order valence-electron chi connectivity index (χ4n) is 1.53. The first-order chi connectivity index (χ1) is 10.0. The number of methoxy groups -OCH3 is 1. The van der Waals surface area contributed by atoms with Crippen molar-refractivity contribution in [2.24, 2.45) is 0 Å². The molecule has 0 aliphatic heterocycles. The molecule has 0 unspecified atom stereocenters. The van der Waals surface area contributed by atoms with Crippen LogP contribution in [0.1, 0.15) is 13.8 Å². The van der Waals surface area contributed by atoms with Crippen molar-refractivity contribution in [3.8, 4) is 0 Å². The van der Waals surface area contributed by atoms with Gasteiger partial charge in [0.1, 0.15) is 0 Å². The van der Waals surface area contributed by atoms with Gasteiger partial charge in [0.2, 0.25) is 0 Å². The molecule has 0 heterocycles. The highest BCUT2D eigenvalue weighted by molar-refractivity contribution is 8.00. The predicted molar refractivity (Wildman–Crippen MR) is 90.1 cm³/mol. The van der Waals surface area contributed by atoms with Crippen LogP contribution in [0.3, 0.4) is 0 Å². The zero-order valence-corrected chi connectivity index (χ0v) is 14.0. The van der Waals surface area contributed by atoms with Gasteiger partial charge < -0.3 is 10.1 Å². The number of hydrogen-bond acceptors (Lipinski definition) is 4. The summed E-state index contributed by atoms with van der Waals surface area (Å²) in [4.78, 5) is 13.0. The van der Waals surface area contributed by atoms with Gasteiger partial charge in [-0.25, -0.2) is 0 Å². The van der Waals surface area contributed by atoms with Crippen molar-refractivity contribution in [3.63, 3.8) is 0 Å². The highest BCUT2D eigenvalue weighted by Gasteiger charge is 2.14. The van der Waals surface area contributed by atoms with Crippen molar-refractivity contribution >= 4 is 35.0 Å². The van der Waals surface area contributed by atoms with Crippen LogP contribution in [-0.2, 0) is 9.53 Å². The van der Waals surface area contributed by atoms with E-state index in [0.717, 1.165) is 4.90 Å². The zero-order valence-electron chi connectivity index (χ0n) is 12.4. The third-order valence-electron chi connectivity index (χ3n) is 2.52. The number of ether oxygens (including phenoxy) is 1. The number of nitrogens with one attached hydrogen (secondary N) is 3. The van der Waals surface area contributed by atoms with Crippen LogP contribution in [0.2, 0.25) is 0 Å². The summed E-state index contributed by atoms with van der Waals surface area (Å²) in [6.07, 6.45) is 0. The quantitative estimate of drug-likeness (QED) is 0.420. The molecule has 1 aromatic carbocycles. The minimum atomic E-state index is -0.223. The molecule has 0 radical (unpaired) electrons. The largest absolute Gasteiger partial charge is 0.383 e. The summed E-state index contributed by atoms with van der Waals surface area (Å²) >= 11 is 6.57. The lowest BCUT2D eigenvalue weighted by atomic mass is 10.4. The molecule has 5 nitrogen and oxygen atoms in total. The molecule has 0 aliphatic carbocycles. The number of thioether (sulfide) groups is 1. The highest BCUT2D eigenvalue weighted by Crippen LogP contribution is 2.22. The number of thiocarbonyl (C=S) groups is 1. The van der Waals surface area contributed by atoms with E-state index in [1.54, 1.807) is 7.11 Å². The minimum Gasteiger partial charge on any atom is -0.383 e. The Hall–Kier alpha value is -1.31. The van der Waals surface area contributed by atoms with Crippen LogP contribution < -0.4 is 16.2 Å². The summed E-state index contributed by atoms with van der Waals surface area (Å²) in [5.41, 5.74) is 5.29. The number of benzene rings is 1. The minimum absolute atomic E-state index is 0.0722. The van der Waals surface area contributed by atoms with Crippen LogP contribution in [0.4, 0.5) is 0 Å². The van der Waals surface area contributed by atoms with Crippen molar-refractivity contribution < 1.29 is 9.53 Å². The van der Waals surface area contributed by atoms with Gasteiger partial charge in [0.25, 0.3) is 5.91 Å². The first-order valence-electron chi connectivity index (χ1n) is 6.60. The maximum Gasteiger partial charge on any atom is 0.251 e. The van der Waals surface area contributed by atoms with E-state index in [-0.39, 0.29) is 17.2 Å². The first-order valence-corrected chi connectivity index (χ1v) is 7.88. The van der Waals surface area contributed by atoms with Gasteiger partial charge in [-0.1, -0.05) is 18.2 Å². The fraction of sp³-hybridized carbons (Fsp3) is 0.429. The lowest BCUT2D eigenvalue weighted by Crippen LogP contribution is -2.51. The van der Waals surface area contributed by atoms with Gasteiger partial charge in [0.15, 0.2) is 5.11 Å². The Morgan fingerprint density at radius 2 is 1.95 bits per heavy atom. The molecule has 0 bridgehead atoms. The summed E-state index contributed by atoms with van der Waals surface area (Å²) in [5.74, 6) is -0.132. The number of hydrogen-bond donors (Lipinski definition) is 3. The second-order valence-electron chi connectivity index (χ2n) is 4.52. The van der Waals surface area contributed by atoms with E-state index in [0.29, 0.717) is 11.7 Å². The average Bonchev–Trinajstić information content (AvgIpc) is 2.46. The molecule has 3 N–H and O–H groups in total. The second-order valence-corrected chi connectivity index (χ2v) is 6.34. The summed E-state index contributed by atoms with van der Waals surface area (Å²) in [5, 5.41) is 3.14. The van der Waals surface area contributed by atoms with Gasteiger partial charge in [-0.15, -0.1) is 11.8 Å². The normalized spacial score (nSPS) is 13.1. The van der Waals surface area contributed by atoms with E-state index < -0.39 is 0 Å². The average molecular weight is 327 g/mol. The smallest absolute Gasteiger partial charge is 0.251 e. The summed E-state index contributed by atoms with van der Waals surface area (Å²) in [6, 6.07) is 9.86. The van der Waals surface area contributed by atoms with E-state index in [2.05, 4.69) is 16.2 Å². The molecule has 1 amide bonds. The van der Waals surface area contributed by atoms with Crippen molar-refractivity contribution in [1.29, 1.82) is 0 Å².